The molecule has 0 aliphatic heterocycles. The predicted molar refractivity (Wildman–Crippen MR) is 45.8 cm³/mol. The van der Waals surface area contributed by atoms with Crippen molar-refractivity contribution in [2.45, 2.75) is 12.8 Å². The van der Waals surface area contributed by atoms with Gasteiger partial charge in [-0.1, -0.05) is 0 Å². The van der Waals surface area contributed by atoms with Crippen LogP contribution in [0.2, 0.25) is 0 Å². The predicted octanol–water partition coefficient (Wildman–Crippen LogP) is 1.92. The first-order valence-corrected chi connectivity index (χ1v) is 4.57. The van der Waals surface area contributed by atoms with Gasteiger partial charge in [-0.2, -0.15) is 4.37 Å². The van der Waals surface area contributed by atoms with Gasteiger partial charge in [-0.15, -0.1) is 0 Å². The third-order valence-corrected chi connectivity index (χ3v) is 2.96. The van der Waals surface area contributed by atoms with Gasteiger partial charge in [0, 0.05) is 4.88 Å². The fraction of sp³-hybridized carbons (Fsp3) is 0.333. The van der Waals surface area contributed by atoms with Gasteiger partial charge in [-0.25, -0.2) is 0 Å². The summed E-state index contributed by atoms with van der Waals surface area (Å²) in [5, 5.41) is 8.37. The standard InChI is InChI=1S/C6H6BrNO2S/c7-4-3-8-11-5(4)1-2-6(9)10/h3H,1-2H2,(H,9,10). The monoisotopic (exact) mass is 235 g/mol. The molecule has 0 bridgehead atoms. The molecule has 0 aliphatic carbocycles. The first-order valence-electron chi connectivity index (χ1n) is 3.01. The Labute approximate surface area is 76.4 Å². The first-order chi connectivity index (χ1) is 5.20. The highest BCUT2D eigenvalue weighted by molar-refractivity contribution is 9.10. The lowest BCUT2D eigenvalue weighted by Crippen LogP contribution is -1.95. The molecule has 0 unspecified atom stereocenters. The van der Waals surface area contributed by atoms with Crippen LogP contribution >= 0.6 is 27.5 Å². The van der Waals surface area contributed by atoms with Crippen LogP contribution in [0.25, 0.3) is 0 Å². The molecule has 1 aromatic rings. The van der Waals surface area contributed by atoms with Crippen LogP contribution in [-0.4, -0.2) is 15.4 Å². The van der Waals surface area contributed by atoms with Crippen LogP contribution in [0.5, 0.6) is 0 Å². The number of halogens is 1. The van der Waals surface area contributed by atoms with E-state index in [4.69, 9.17) is 5.11 Å². The molecule has 0 saturated carbocycles. The van der Waals surface area contributed by atoms with Crippen molar-refractivity contribution in [3.05, 3.63) is 15.5 Å². The summed E-state index contributed by atoms with van der Waals surface area (Å²) < 4.78 is 4.81. The van der Waals surface area contributed by atoms with Crippen LogP contribution in [0.3, 0.4) is 0 Å². The average Bonchev–Trinajstić information content (AvgIpc) is 2.31. The van der Waals surface area contributed by atoms with Gasteiger partial charge in [0.25, 0.3) is 0 Å². The normalized spacial score (nSPS) is 9.91. The summed E-state index contributed by atoms with van der Waals surface area (Å²) in [6.45, 7) is 0. The molecule has 0 amide bonds. The van der Waals surface area contributed by atoms with Crippen LogP contribution in [0.4, 0.5) is 0 Å². The largest absolute Gasteiger partial charge is 0.481 e. The van der Waals surface area contributed by atoms with E-state index in [1.807, 2.05) is 0 Å². The van der Waals surface area contributed by atoms with E-state index in [0.29, 0.717) is 6.42 Å². The summed E-state index contributed by atoms with van der Waals surface area (Å²) in [4.78, 5) is 11.2. The highest BCUT2D eigenvalue weighted by Gasteiger charge is 2.04. The third kappa shape index (κ3) is 2.59. The van der Waals surface area contributed by atoms with Crippen LogP contribution in [0, 0.1) is 0 Å². The zero-order valence-electron chi connectivity index (χ0n) is 5.58. The van der Waals surface area contributed by atoms with Crippen molar-refractivity contribution in [2.24, 2.45) is 0 Å². The lowest BCUT2D eigenvalue weighted by atomic mass is 10.3. The SMILES string of the molecule is O=C(O)CCc1sncc1Br. The maximum absolute atomic E-state index is 10.2. The zero-order valence-corrected chi connectivity index (χ0v) is 7.98. The van der Waals surface area contributed by atoms with Crippen molar-refractivity contribution in [2.75, 3.05) is 0 Å². The van der Waals surface area contributed by atoms with Crippen molar-refractivity contribution in [3.8, 4) is 0 Å². The van der Waals surface area contributed by atoms with Gasteiger partial charge in [0.15, 0.2) is 0 Å². The molecule has 1 heterocycles. The van der Waals surface area contributed by atoms with Gasteiger partial charge in [0.05, 0.1) is 17.1 Å². The van der Waals surface area contributed by atoms with Gasteiger partial charge in [-0.3, -0.25) is 4.79 Å². The van der Waals surface area contributed by atoms with Crippen LogP contribution < -0.4 is 0 Å². The molecule has 11 heavy (non-hydrogen) atoms. The van der Waals surface area contributed by atoms with Crippen molar-refractivity contribution >= 4 is 33.4 Å². The number of carbonyl (C=O) groups is 1. The van der Waals surface area contributed by atoms with Gasteiger partial charge < -0.3 is 5.11 Å². The molecule has 5 heteroatoms. The lowest BCUT2D eigenvalue weighted by Gasteiger charge is -1.91. The summed E-state index contributed by atoms with van der Waals surface area (Å²) in [6, 6.07) is 0. The van der Waals surface area contributed by atoms with Crippen LogP contribution in [0.15, 0.2) is 10.7 Å². The molecule has 3 nitrogen and oxygen atoms in total. The Morgan fingerprint density at radius 2 is 2.55 bits per heavy atom. The molecule has 0 fully saturated rings. The maximum Gasteiger partial charge on any atom is 0.303 e. The van der Waals surface area contributed by atoms with E-state index in [2.05, 4.69) is 20.3 Å². The Bertz CT molecular complexity index is 261. The van der Waals surface area contributed by atoms with E-state index in [1.54, 1.807) is 6.20 Å². The van der Waals surface area contributed by atoms with Crippen LogP contribution in [0.1, 0.15) is 11.3 Å². The van der Waals surface area contributed by atoms with Gasteiger partial charge in [0.2, 0.25) is 0 Å². The number of aryl methyl sites for hydroxylation is 1. The molecule has 0 atom stereocenters. The summed E-state index contributed by atoms with van der Waals surface area (Å²) in [5.74, 6) is -0.773. The minimum Gasteiger partial charge on any atom is -0.481 e. The Hall–Kier alpha value is -0.420. The molecule has 1 rings (SSSR count). The molecule has 0 spiro atoms. The fourth-order valence-electron chi connectivity index (χ4n) is 0.637. The summed E-state index contributed by atoms with van der Waals surface area (Å²) in [7, 11) is 0. The van der Waals surface area contributed by atoms with Crippen molar-refractivity contribution in [1.29, 1.82) is 0 Å². The minimum atomic E-state index is -0.773. The Morgan fingerprint density at radius 3 is 3.00 bits per heavy atom. The number of hydrogen-bond donors (Lipinski definition) is 1. The number of aromatic nitrogens is 1. The van der Waals surface area contributed by atoms with E-state index >= 15 is 0 Å². The average molecular weight is 236 g/mol. The number of rotatable bonds is 3. The Morgan fingerprint density at radius 1 is 1.82 bits per heavy atom. The number of carboxylic acid groups (broad SMARTS) is 1. The second-order valence-electron chi connectivity index (χ2n) is 1.99. The number of carboxylic acids is 1. The molecular formula is C6H6BrNO2S. The quantitative estimate of drug-likeness (QED) is 0.872. The highest BCUT2D eigenvalue weighted by atomic mass is 79.9. The van der Waals surface area contributed by atoms with E-state index in [1.165, 1.54) is 11.5 Å². The molecular weight excluding hydrogens is 230 g/mol. The molecule has 60 valence electrons. The Balaban J connectivity index is 2.51. The zero-order chi connectivity index (χ0) is 8.27. The molecule has 0 saturated heterocycles. The lowest BCUT2D eigenvalue weighted by molar-refractivity contribution is -0.136. The summed E-state index contributed by atoms with van der Waals surface area (Å²) in [5.41, 5.74) is 0. The van der Waals surface area contributed by atoms with Crippen molar-refractivity contribution in [3.63, 3.8) is 0 Å². The fourth-order valence-corrected chi connectivity index (χ4v) is 1.91. The number of nitrogens with zero attached hydrogens (tertiary/aromatic N) is 1. The maximum atomic E-state index is 10.2. The third-order valence-electron chi connectivity index (χ3n) is 1.16. The second kappa shape index (κ2) is 3.82. The van der Waals surface area contributed by atoms with Gasteiger partial charge in [0.1, 0.15) is 0 Å². The van der Waals surface area contributed by atoms with Crippen molar-refractivity contribution in [1.82, 2.24) is 4.37 Å². The summed E-state index contributed by atoms with van der Waals surface area (Å²) >= 11 is 4.60. The van der Waals surface area contributed by atoms with E-state index in [-0.39, 0.29) is 6.42 Å². The van der Waals surface area contributed by atoms with Gasteiger partial charge >= 0.3 is 5.97 Å². The number of hydrogen-bond acceptors (Lipinski definition) is 3. The molecule has 0 radical (unpaired) electrons. The van der Waals surface area contributed by atoms with E-state index in [0.717, 1.165) is 9.35 Å². The highest BCUT2D eigenvalue weighted by Crippen LogP contribution is 2.20. The van der Waals surface area contributed by atoms with E-state index < -0.39 is 5.97 Å². The van der Waals surface area contributed by atoms with E-state index in [9.17, 15) is 4.79 Å². The molecule has 1 N–H and O–H groups in total. The van der Waals surface area contributed by atoms with Gasteiger partial charge in [-0.05, 0) is 33.9 Å². The molecule has 0 aromatic carbocycles. The number of aliphatic carboxylic acids is 1. The van der Waals surface area contributed by atoms with Crippen LogP contribution in [-0.2, 0) is 11.2 Å². The molecule has 0 aliphatic rings. The first kappa shape index (κ1) is 8.67. The smallest absolute Gasteiger partial charge is 0.303 e. The second-order valence-corrected chi connectivity index (χ2v) is 3.73. The molecule has 1 aromatic heterocycles. The Kier molecular flexibility index (Phi) is 3.02. The summed E-state index contributed by atoms with van der Waals surface area (Å²) in [6.07, 6.45) is 2.41. The topological polar surface area (TPSA) is 50.2 Å². The minimum absolute atomic E-state index is 0.167. The van der Waals surface area contributed by atoms with Crippen molar-refractivity contribution < 1.29 is 9.90 Å².